The Balaban J connectivity index is 2.01. The van der Waals surface area contributed by atoms with Gasteiger partial charge in [0.05, 0.1) is 39.6 Å². The van der Waals surface area contributed by atoms with E-state index in [1.165, 1.54) is 0 Å². The third-order valence-corrected chi connectivity index (χ3v) is 6.31. The highest BCUT2D eigenvalue weighted by Gasteiger charge is 2.25. The summed E-state index contributed by atoms with van der Waals surface area (Å²) in [4.78, 5) is 12.6. The zero-order valence-corrected chi connectivity index (χ0v) is 20.0. The molecule has 0 N–H and O–H groups in total. The van der Waals surface area contributed by atoms with Gasteiger partial charge in [0.1, 0.15) is 11.5 Å². The van der Waals surface area contributed by atoms with Gasteiger partial charge in [0.25, 0.3) is 0 Å². The smallest absolute Gasteiger partial charge is 0.167 e. The highest BCUT2D eigenvalue weighted by atomic mass is 16.5. The molecule has 2 aromatic heterocycles. The summed E-state index contributed by atoms with van der Waals surface area (Å²) >= 11 is 0. The topological polar surface area (TPSA) is 58.4 Å². The first-order chi connectivity index (χ1) is 17.1. The predicted molar refractivity (Wildman–Crippen MR) is 137 cm³/mol. The second-order valence-electron chi connectivity index (χ2n) is 8.01. The molecule has 0 saturated carbocycles. The number of benzene rings is 3. The molecule has 0 bridgehead atoms. The lowest BCUT2D eigenvalue weighted by molar-refractivity contribution is 0.111. The van der Waals surface area contributed by atoms with Crippen LogP contribution in [0.2, 0.25) is 0 Å². The van der Waals surface area contributed by atoms with Crippen LogP contribution >= 0.6 is 0 Å². The summed E-state index contributed by atoms with van der Waals surface area (Å²) in [5, 5.41) is 1.88. The third-order valence-electron chi connectivity index (χ3n) is 6.31. The quantitative estimate of drug-likeness (QED) is 0.264. The lowest BCUT2D eigenvalue weighted by atomic mass is 9.93. The van der Waals surface area contributed by atoms with Crippen LogP contribution in [0.25, 0.3) is 38.5 Å². The number of aldehydes is 1. The summed E-state index contributed by atoms with van der Waals surface area (Å²) < 4.78 is 24.3. The zero-order chi connectivity index (χ0) is 24.5. The fraction of sp³-hybridized carbons (Fsp3) is 0.138. The Morgan fingerprint density at radius 3 is 2.09 bits per heavy atom. The van der Waals surface area contributed by atoms with Gasteiger partial charge in [-0.05, 0) is 41.3 Å². The van der Waals surface area contributed by atoms with E-state index in [-0.39, 0.29) is 0 Å². The maximum Gasteiger partial charge on any atom is 0.167 e. The van der Waals surface area contributed by atoms with E-state index in [1.54, 1.807) is 28.4 Å². The molecule has 0 aliphatic heterocycles. The molecule has 0 aliphatic carbocycles. The summed E-state index contributed by atoms with van der Waals surface area (Å²) in [7, 11) is 6.48. The highest BCUT2D eigenvalue weighted by Crippen LogP contribution is 2.47. The molecule has 35 heavy (non-hydrogen) atoms. The average Bonchev–Trinajstić information content (AvgIpc) is 3.26. The van der Waals surface area contributed by atoms with E-state index >= 15 is 0 Å². The number of pyridine rings is 1. The number of hydrogen-bond acceptors (Lipinski definition) is 5. The van der Waals surface area contributed by atoms with E-state index in [1.807, 2.05) is 77.3 Å². The van der Waals surface area contributed by atoms with Gasteiger partial charge in [-0.2, -0.15) is 0 Å². The summed E-state index contributed by atoms with van der Waals surface area (Å²) in [6.45, 7) is 0. The molecule has 3 aromatic carbocycles. The first-order valence-corrected chi connectivity index (χ1v) is 11.1. The summed E-state index contributed by atoms with van der Waals surface area (Å²) in [6, 6.07) is 21.5. The van der Waals surface area contributed by atoms with Crippen molar-refractivity contribution in [3.63, 3.8) is 0 Å². The van der Waals surface area contributed by atoms with Crippen LogP contribution in [0.3, 0.4) is 0 Å². The molecule has 6 heteroatoms. The van der Waals surface area contributed by atoms with Crippen molar-refractivity contribution in [1.29, 1.82) is 0 Å². The minimum Gasteiger partial charge on any atom is -0.497 e. The summed E-state index contributed by atoms with van der Waals surface area (Å²) in [5.41, 5.74) is 4.91. The van der Waals surface area contributed by atoms with Crippen molar-refractivity contribution >= 4 is 22.6 Å². The summed E-state index contributed by atoms with van der Waals surface area (Å²) in [5.74, 6) is 2.57. The van der Waals surface area contributed by atoms with Gasteiger partial charge in [0.2, 0.25) is 0 Å². The number of nitrogens with zero attached hydrogens (tertiary/aromatic N) is 1. The van der Waals surface area contributed by atoms with Crippen molar-refractivity contribution in [2.24, 2.45) is 0 Å². The van der Waals surface area contributed by atoms with E-state index in [0.29, 0.717) is 28.7 Å². The highest BCUT2D eigenvalue weighted by molar-refractivity contribution is 6.13. The second-order valence-corrected chi connectivity index (χ2v) is 8.01. The Morgan fingerprint density at radius 2 is 1.43 bits per heavy atom. The number of carbonyl (C=O) groups excluding carboxylic acids is 1. The van der Waals surface area contributed by atoms with Crippen LogP contribution in [0.5, 0.6) is 23.0 Å². The molecule has 5 rings (SSSR count). The first-order valence-electron chi connectivity index (χ1n) is 11.1. The molecule has 0 fully saturated rings. The number of hydrogen-bond donors (Lipinski definition) is 0. The standard InChI is InChI=1S/C29H25NO5/c1-32-20-10-11-21(24(15-20)33-2)28-27(18-8-6-5-7-9-18)23(17-31)30-13-12-19-14-25(34-3)26(35-4)16-22(19)29(28)30/h5-17H,1-4H3. The fourth-order valence-electron chi connectivity index (χ4n) is 4.70. The van der Waals surface area contributed by atoms with Gasteiger partial charge in [-0.1, -0.05) is 30.3 Å². The molecule has 176 valence electrons. The largest absolute Gasteiger partial charge is 0.497 e. The fourth-order valence-corrected chi connectivity index (χ4v) is 4.70. The van der Waals surface area contributed by atoms with Crippen LogP contribution in [0.15, 0.2) is 72.9 Å². The van der Waals surface area contributed by atoms with Gasteiger partial charge in [0.15, 0.2) is 17.8 Å². The second kappa shape index (κ2) is 9.06. The lowest BCUT2D eigenvalue weighted by Crippen LogP contribution is -1.95. The molecule has 0 unspecified atom stereocenters. The van der Waals surface area contributed by atoms with Crippen molar-refractivity contribution in [3.05, 3.63) is 78.6 Å². The van der Waals surface area contributed by atoms with Crippen LogP contribution in [-0.4, -0.2) is 39.1 Å². The Morgan fingerprint density at radius 1 is 0.714 bits per heavy atom. The molecule has 0 radical (unpaired) electrons. The van der Waals surface area contributed by atoms with E-state index < -0.39 is 0 Å². The van der Waals surface area contributed by atoms with E-state index in [0.717, 1.165) is 44.8 Å². The van der Waals surface area contributed by atoms with E-state index in [4.69, 9.17) is 18.9 Å². The number of aromatic nitrogens is 1. The van der Waals surface area contributed by atoms with Gasteiger partial charge in [-0.15, -0.1) is 0 Å². The van der Waals surface area contributed by atoms with Gasteiger partial charge < -0.3 is 23.3 Å². The molecule has 6 nitrogen and oxygen atoms in total. The third kappa shape index (κ3) is 3.54. The molecule has 0 atom stereocenters. The van der Waals surface area contributed by atoms with Crippen molar-refractivity contribution in [3.8, 4) is 45.3 Å². The number of rotatable bonds is 7. The molecule has 0 amide bonds. The lowest BCUT2D eigenvalue weighted by Gasteiger charge is -2.14. The Hall–Kier alpha value is -4.45. The van der Waals surface area contributed by atoms with Crippen LogP contribution in [0.1, 0.15) is 10.5 Å². The van der Waals surface area contributed by atoms with Gasteiger partial charge in [-0.3, -0.25) is 4.79 Å². The predicted octanol–water partition coefficient (Wildman–Crippen LogP) is 6.27. The SMILES string of the molecule is COc1ccc(-c2c(-c3ccccc3)c(C=O)n3ccc4cc(OC)c(OC)cc4c23)c(OC)c1. The summed E-state index contributed by atoms with van der Waals surface area (Å²) in [6.07, 6.45) is 2.82. The van der Waals surface area contributed by atoms with Crippen LogP contribution < -0.4 is 18.9 Å². The number of ether oxygens (including phenoxy) is 4. The van der Waals surface area contributed by atoms with Gasteiger partial charge in [-0.25, -0.2) is 0 Å². The van der Waals surface area contributed by atoms with Crippen LogP contribution in [-0.2, 0) is 0 Å². The minimum atomic E-state index is 0.552. The van der Waals surface area contributed by atoms with E-state index in [2.05, 4.69) is 0 Å². The monoisotopic (exact) mass is 467 g/mol. The zero-order valence-electron chi connectivity index (χ0n) is 20.0. The molecule has 0 aliphatic rings. The Labute approximate surface area is 203 Å². The molecular weight excluding hydrogens is 442 g/mol. The Kier molecular flexibility index (Phi) is 5.79. The number of carbonyl (C=O) groups is 1. The minimum absolute atomic E-state index is 0.552. The molecular formula is C29H25NO5. The number of fused-ring (bicyclic) bond motifs is 3. The maximum atomic E-state index is 12.6. The van der Waals surface area contributed by atoms with Crippen molar-refractivity contribution in [2.75, 3.05) is 28.4 Å². The number of methoxy groups -OCH3 is 4. The molecule has 0 saturated heterocycles. The van der Waals surface area contributed by atoms with Gasteiger partial charge >= 0.3 is 0 Å². The maximum absolute atomic E-state index is 12.6. The van der Waals surface area contributed by atoms with Gasteiger partial charge in [0, 0.05) is 34.3 Å². The van der Waals surface area contributed by atoms with Crippen LogP contribution in [0.4, 0.5) is 0 Å². The average molecular weight is 468 g/mol. The van der Waals surface area contributed by atoms with Crippen molar-refractivity contribution < 1.29 is 23.7 Å². The first kappa shape index (κ1) is 22.3. The van der Waals surface area contributed by atoms with Crippen molar-refractivity contribution in [2.45, 2.75) is 0 Å². The van der Waals surface area contributed by atoms with Crippen molar-refractivity contribution in [1.82, 2.24) is 4.40 Å². The molecule has 0 spiro atoms. The molecule has 5 aromatic rings. The molecule has 2 heterocycles. The van der Waals surface area contributed by atoms with E-state index in [9.17, 15) is 4.79 Å². The van der Waals surface area contributed by atoms with Crippen LogP contribution in [0, 0.1) is 0 Å². The Bertz CT molecular complexity index is 1550. The normalized spacial score (nSPS) is 11.0.